The fraction of sp³-hybridized carbons (Fsp3) is 0.250. The van der Waals surface area contributed by atoms with Crippen LogP contribution in [0.3, 0.4) is 0 Å². The number of nitrogens with one attached hydrogen (secondary N) is 2. The largest absolute Gasteiger partial charge is 0.351 e. The second-order valence-corrected chi connectivity index (χ2v) is 4.08. The number of para-hydroxylation sites is 1. The first-order valence-electron chi connectivity index (χ1n) is 5.57. The number of carbonyl (C=O) groups is 3. The summed E-state index contributed by atoms with van der Waals surface area (Å²) in [5.74, 6) is -1.05. The number of anilines is 1. The minimum atomic E-state index is -0.685. The number of carbonyl (C=O) groups excluding carboxylic acids is 3. The molecule has 1 aromatic carbocycles. The molecule has 1 fully saturated rings. The normalized spacial score (nSPS) is 19.2. The van der Waals surface area contributed by atoms with Crippen LogP contribution in [0.25, 0.3) is 0 Å². The van der Waals surface area contributed by atoms with Crippen LogP contribution >= 0.6 is 0 Å². The van der Waals surface area contributed by atoms with Crippen molar-refractivity contribution < 1.29 is 14.4 Å². The average molecular weight is 247 g/mol. The summed E-state index contributed by atoms with van der Waals surface area (Å²) in [6.45, 7) is 0. The number of rotatable bonds is 2. The summed E-state index contributed by atoms with van der Waals surface area (Å²) < 4.78 is 0. The van der Waals surface area contributed by atoms with E-state index in [2.05, 4.69) is 10.6 Å². The third-order valence-corrected chi connectivity index (χ3v) is 2.83. The molecule has 0 radical (unpaired) electrons. The molecule has 6 nitrogen and oxygen atoms in total. The average Bonchev–Trinajstić information content (AvgIpc) is 2.30. The van der Waals surface area contributed by atoms with Crippen molar-refractivity contribution in [2.45, 2.75) is 18.8 Å². The van der Waals surface area contributed by atoms with E-state index >= 15 is 0 Å². The highest BCUT2D eigenvalue weighted by molar-refractivity contribution is 6.02. The Morgan fingerprint density at radius 3 is 2.72 bits per heavy atom. The number of imide groups is 1. The van der Waals surface area contributed by atoms with Crippen molar-refractivity contribution in [3.8, 4) is 0 Å². The standard InChI is InChI=1S/C12H13N3O3/c13-12(18)14-9-4-2-1-3-7(9)8-5-6-10(16)15-11(8)17/h1-4,8H,5-6H2,(H3,13,14,18)(H,15,16,17). The van der Waals surface area contributed by atoms with Crippen LogP contribution in [0.4, 0.5) is 10.5 Å². The van der Waals surface area contributed by atoms with E-state index in [1.807, 2.05) is 0 Å². The van der Waals surface area contributed by atoms with E-state index in [0.717, 1.165) is 0 Å². The zero-order valence-corrected chi connectivity index (χ0v) is 9.60. The van der Waals surface area contributed by atoms with Crippen LogP contribution in [-0.2, 0) is 9.59 Å². The smallest absolute Gasteiger partial charge is 0.316 e. The minimum absolute atomic E-state index is 0.267. The molecule has 1 aromatic rings. The molecule has 94 valence electrons. The zero-order chi connectivity index (χ0) is 13.1. The third-order valence-electron chi connectivity index (χ3n) is 2.83. The van der Waals surface area contributed by atoms with Gasteiger partial charge < -0.3 is 11.1 Å². The lowest BCUT2D eigenvalue weighted by Gasteiger charge is -2.23. The van der Waals surface area contributed by atoms with Gasteiger partial charge in [0.15, 0.2) is 0 Å². The quantitative estimate of drug-likeness (QED) is 0.670. The van der Waals surface area contributed by atoms with Gasteiger partial charge in [-0.15, -0.1) is 0 Å². The molecule has 1 atom stereocenters. The van der Waals surface area contributed by atoms with Gasteiger partial charge in [-0.25, -0.2) is 4.79 Å². The molecule has 0 bridgehead atoms. The number of nitrogens with two attached hydrogens (primary N) is 1. The monoisotopic (exact) mass is 247 g/mol. The first-order chi connectivity index (χ1) is 8.58. The van der Waals surface area contributed by atoms with E-state index in [-0.39, 0.29) is 11.8 Å². The van der Waals surface area contributed by atoms with Gasteiger partial charge in [0, 0.05) is 12.1 Å². The topological polar surface area (TPSA) is 101 Å². The van der Waals surface area contributed by atoms with Crippen molar-refractivity contribution in [3.05, 3.63) is 29.8 Å². The van der Waals surface area contributed by atoms with Crippen molar-refractivity contribution in [3.63, 3.8) is 0 Å². The molecular formula is C12H13N3O3. The van der Waals surface area contributed by atoms with E-state index < -0.39 is 11.9 Å². The van der Waals surface area contributed by atoms with Gasteiger partial charge in [-0.1, -0.05) is 18.2 Å². The minimum Gasteiger partial charge on any atom is -0.351 e. The molecule has 4 amide bonds. The maximum absolute atomic E-state index is 11.8. The van der Waals surface area contributed by atoms with Crippen LogP contribution in [0.15, 0.2) is 24.3 Å². The summed E-state index contributed by atoms with van der Waals surface area (Å²) in [6.07, 6.45) is 0.726. The summed E-state index contributed by atoms with van der Waals surface area (Å²) in [5, 5.41) is 4.76. The number of amides is 4. The lowest BCUT2D eigenvalue weighted by atomic mass is 9.89. The molecule has 1 saturated heterocycles. The van der Waals surface area contributed by atoms with Crippen molar-refractivity contribution in [2.24, 2.45) is 5.73 Å². The van der Waals surface area contributed by atoms with Gasteiger partial charge in [-0.05, 0) is 18.1 Å². The predicted molar refractivity (Wildman–Crippen MR) is 64.8 cm³/mol. The zero-order valence-electron chi connectivity index (χ0n) is 9.60. The van der Waals surface area contributed by atoms with E-state index in [1.165, 1.54) is 0 Å². The molecule has 1 aliphatic rings. The fourth-order valence-electron chi connectivity index (χ4n) is 2.04. The van der Waals surface area contributed by atoms with Crippen LogP contribution in [0.2, 0.25) is 0 Å². The van der Waals surface area contributed by atoms with Crippen LogP contribution in [0.1, 0.15) is 24.3 Å². The van der Waals surface area contributed by atoms with Crippen LogP contribution in [0.5, 0.6) is 0 Å². The summed E-state index contributed by atoms with van der Waals surface area (Å²) in [6, 6.07) is 6.23. The van der Waals surface area contributed by atoms with Gasteiger partial charge >= 0.3 is 6.03 Å². The Morgan fingerprint density at radius 1 is 1.33 bits per heavy atom. The van der Waals surface area contributed by atoms with E-state index in [1.54, 1.807) is 24.3 Å². The van der Waals surface area contributed by atoms with Crippen LogP contribution in [0, 0.1) is 0 Å². The maximum Gasteiger partial charge on any atom is 0.316 e. The molecule has 18 heavy (non-hydrogen) atoms. The molecule has 0 aliphatic carbocycles. The SMILES string of the molecule is NC(=O)Nc1ccccc1C1CCC(=O)NC1=O. The van der Waals surface area contributed by atoms with Gasteiger partial charge in [-0.3, -0.25) is 14.9 Å². The number of benzene rings is 1. The number of urea groups is 1. The molecule has 1 heterocycles. The molecule has 1 aliphatic heterocycles. The Labute approximate surface area is 104 Å². The Balaban J connectivity index is 2.29. The highest BCUT2D eigenvalue weighted by Gasteiger charge is 2.29. The molecule has 2 rings (SSSR count). The van der Waals surface area contributed by atoms with Gasteiger partial charge in [0.25, 0.3) is 0 Å². The first kappa shape index (κ1) is 12.1. The Morgan fingerprint density at radius 2 is 2.06 bits per heavy atom. The lowest BCUT2D eigenvalue weighted by molar-refractivity contribution is -0.134. The van der Waals surface area contributed by atoms with E-state index in [4.69, 9.17) is 5.73 Å². The van der Waals surface area contributed by atoms with Gasteiger partial charge in [-0.2, -0.15) is 0 Å². The number of primary amides is 1. The summed E-state index contributed by atoms with van der Waals surface area (Å²) in [4.78, 5) is 33.8. The second-order valence-electron chi connectivity index (χ2n) is 4.08. The highest BCUT2D eigenvalue weighted by atomic mass is 16.2. The van der Waals surface area contributed by atoms with Gasteiger partial charge in [0.1, 0.15) is 0 Å². The Hall–Kier alpha value is -2.37. The summed E-state index contributed by atoms with van der Waals surface area (Å²) >= 11 is 0. The first-order valence-corrected chi connectivity index (χ1v) is 5.57. The molecule has 1 unspecified atom stereocenters. The Bertz CT molecular complexity index is 513. The highest BCUT2D eigenvalue weighted by Crippen LogP contribution is 2.30. The van der Waals surface area contributed by atoms with Crippen molar-refractivity contribution >= 4 is 23.5 Å². The third kappa shape index (κ3) is 2.48. The van der Waals surface area contributed by atoms with E-state index in [0.29, 0.717) is 24.1 Å². The molecule has 4 N–H and O–H groups in total. The molecular weight excluding hydrogens is 234 g/mol. The molecule has 0 saturated carbocycles. The summed E-state index contributed by atoms with van der Waals surface area (Å²) in [7, 11) is 0. The molecule has 6 heteroatoms. The van der Waals surface area contributed by atoms with Crippen LogP contribution in [-0.4, -0.2) is 17.8 Å². The fourth-order valence-corrected chi connectivity index (χ4v) is 2.04. The van der Waals surface area contributed by atoms with Crippen molar-refractivity contribution in [2.75, 3.05) is 5.32 Å². The van der Waals surface area contributed by atoms with Crippen molar-refractivity contribution in [1.29, 1.82) is 0 Å². The van der Waals surface area contributed by atoms with Crippen LogP contribution < -0.4 is 16.4 Å². The number of hydrogen-bond donors (Lipinski definition) is 3. The molecule has 0 spiro atoms. The van der Waals surface area contributed by atoms with Gasteiger partial charge in [0.05, 0.1) is 5.92 Å². The second kappa shape index (κ2) is 4.87. The predicted octanol–water partition coefficient (Wildman–Crippen LogP) is 0.697. The summed E-state index contributed by atoms with van der Waals surface area (Å²) in [5.41, 5.74) is 6.24. The lowest BCUT2D eigenvalue weighted by Crippen LogP contribution is -2.39. The number of hydrogen-bond acceptors (Lipinski definition) is 3. The van der Waals surface area contributed by atoms with Gasteiger partial charge in [0.2, 0.25) is 11.8 Å². The van der Waals surface area contributed by atoms with Crippen molar-refractivity contribution in [1.82, 2.24) is 5.32 Å². The Kier molecular flexibility index (Phi) is 3.27. The number of piperidine rings is 1. The van der Waals surface area contributed by atoms with E-state index in [9.17, 15) is 14.4 Å². The molecule has 0 aromatic heterocycles. The maximum atomic E-state index is 11.8.